The van der Waals surface area contributed by atoms with E-state index >= 15 is 0 Å². The Hall–Kier alpha value is -1.52. The average Bonchev–Trinajstić information content (AvgIpc) is 2.61. The maximum absolute atomic E-state index is 14.2. The molecule has 4 unspecified atom stereocenters. The van der Waals surface area contributed by atoms with Gasteiger partial charge >= 0.3 is 0 Å². The average molecular weight is 377 g/mol. The summed E-state index contributed by atoms with van der Waals surface area (Å²) in [5, 5.41) is 3.51. The van der Waals surface area contributed by atoms with Gasteiger partial charge < -0.3 is 5.32 Å². The normalized spacial score (nSPS) is 28.6. The van der Waals surface area contributed by atoms with Crippen molar-refractivity contribution < 1.29 is 8.78 Å². The molecule has 1 N–H and O–H groups in total. The molecule has 1 aliphatic heterocycles. The van der Waals surface area contributed by atoms with Crippen LogP contribution in [0, 0.1) is 11.7 Å². The molecule has 4 rings (SSSR count). The first kappa shape index (κ1) is 17.9. The molecule has 138 valence electrons. The van der Waals surface area contributed by atoms with Gasteiger partial charge in [0.1, 0.15) is 12.0 Å². The Labute approximate surface area is 158 Å². The molecule has 5 heteroatoms. The Morgan fingerprint density at radius 3 is 2.58 bits per heavy atom. The predicted octanol–water partition coefficient (Wildman–Crippen LogP) is 5.03. The number of hydrogen-bond acceptors (Lipinski definition) is 2. The largest absolute Gasteiger partial charge is 0.314 e. The Balaban J connectivity index is 1.50. The van der Waals surface area contributed by atoms with E-state index in [4.69, 9.17) is 16.6 Å². The van der Waals surface area contributed by atoms with E-state index in [2.05, 4.69) is 5.32 Å². The summed E-state index contributed by atoms with van der Waals surface area (Å²) in [6.45, 7) is 1.23. The molecule has 0 amide bonds. The van der Waals surface area contributed by atoms with Gasteiger partial charge in [-0.2, -0.15) is 0 Å². The zero-order valence-corrected chi connectivity index (χ0v) is 15.4. The second-order valence-corrected chi connectivity index (χ2v) is 7.92. The van der Waals surface area contributed by atoms with Gasteiger partial charge in [-0.05, 0) is 68.0 Å². The molecular weight excluding hydrogens is 354 g/mol. The standard InChI is InChI=1S/C21H23ClF2N2/c22-15-6-4-14(18(23)11-15)10-13-5-7-16(13)20-2-1-3-21(26-20)17-8-9-25-12-19(17)24/h1-4,6,11,13,16-17,19,25H,5,7-10,12H2. The van der Waals surface area contributed by atoms with E-state index in [-0.39, 0.29) is 11.7 Å². The molecule has 2 nitrogen and oxygen atoms in total. The second kappa shape index (κ2) is 7.61. The molecule has 0 radical (unpaired) electrons. The van der Waals surface area contributed by atoms with Gasteiger partial charge in [0.25, 0.3) is 0 Å². The smallest absolute Gasteiger partial charge is 0.127 e. The minimum atomic E-state index is -0.883. The van der Waals surface area contributed by atoms with Gasteiger partial charge in [-0.25, -0.2) is 8.78 Å². The van der Waals surface area contributed by atoms with Gasteiger partial charge in [0.15, 0.2) is 0 Å². The molecule has 2 aliphatic rings. The fourth-order valence-electron chi connectivity index (χ4n) is 4.21. The van der Waals surface area contributed by atoms with Crippen molar-refractivity contribution in [3.63, 3.8) is 0 Å². The van der Waals surface area contributed by atoms with Crippen LogP contribution in [0.2, 0.25) is 5.02 Å². The van der Waals surface area contributed by atoms with Crippen molar-refractivity contribution >= 4 is 11.6 Å². The molecule has 2 heterocycles. The first-order valence-corrected chi connectivity index (χ1v) is 9.75. The highest BCUT2D eigenvalue weighted by Gasteiger charge is 2.34. The predicted molar refractivity (Wildman–Crippen MR) is 99.9 cm³/mol. The molecule has 2 fully saturated rings. The number of rotatable bonds is 4. The van der Waals surface area contributed by atoms with E-state index in [0.29, 0.717) is 35.4 Å². The van der Waals surface area contributed by atoms with Gasteiger partial charge in [0, 0.05) is 34.8 Å². The Morgan fingerprint density at radius 1 is 1.08 bits per heavy atom. The maximum atomic E-state index is 14.2. The number of piperidine rings is 1. The van der Waals surface area contributed by atoms with Crippen molar-refractivity contribution in [3.8, 4) is 0 Å². The van der Waals surface area contributed by atoms with Crippen molar-refractivity contribution in [1.82, 2.24) is 10.3 Å². The van der Waals surface area contributed by atoms with Crippen molar-refractivity contribution in [1.29, 1.82) is 0 Å². The van der Waals surface area contributed by atoms with Gasteiger partial charge in [0.2, 0.25) is 0 Å². The molecule has 1 aliphatic carbocycles. The third kappa shape index (κ3) is 3.63. The van der Waals surface area contributed by atoms with Crippen LogP contribution in [-0.4, -0.2) is 24.2 Å². The fourth-order valence-corrected chi connectivity index (χ4v) is 4.37. The zero-order chi connectivity index (χ0) is 18.1. The number of nitrogens with zero attached hydrogens (tertiary/aromatic N) is 1. The molecule has 0 spiro atoms. The lowest BCUT2D eigenvalue weighted by molar-refractivity contribution is 0.225. The first-order valence-electron chi connectivity index (χ1n) is 9.37. The molecule has 1 saturated carbocycles. The highest BCUT2D eigenvalue weighted by atomic mass is 35.5. The van der Waals surface area contributed by atoms with Crippen LogP contribution in [0.25, 0.3) is 0 Å². The van der Waals surface area contributed by atoms with Crippen LogP contribution in [0.4, 0.5) is 8.78 Å². The molecule has 1 aromatic heterocycles. The lowest BCUT2D eigenvalue weighted by atomic mass is 9.69. The Morgan fingerprint density at radius 2 is 1.88 bits per heavy atom. The molecule has 1 saturated heterocycles. The summed E-state index contributed by atoms with van der Waals surface area (Å²) >= 11 is 5.84. The molecule has 1 aromatic carbocycles. The zero-order valence-electron chi connectivity index (χ0n) is 14.6. The number of benzene rings is 1. The van der Waals surface area contributed by atoms with E-state index in [1.54, 1.807) is 12.1 Å². The van der Waals surface area contributed by atoms with Gasteiger partial charge in [-0.3, -0.25) is 4.98 Å². The monoisotopic (exact) mass is 376 g/mol. The van der Waals surface area contributed by atoms with Crippen LogP contribution in [0.1, 0.15) is 48.0 Å². The molecule has 2 aromatic rings. The summed E-state index contributed by atoms with van der Waals surface area (Å²) in [7, 11) is 0. The number of pyridine rings is 1. The third-order valence-electron chi connectivity index (χ3n) is 5.87. The Kier molecular flexibility index (Phi) is 5.23. The van der Waals surface area contributed by atoms with Crippen LogP contribution in [-0.2, 0) is 6.42 Å². The number of halogens is 3. The minimum absolute atomic E-state index is 0.122. The third-order valence-corrected chi connectivity index (χ3v) is 6.11. The lowest BCUT2D eigenvalue weighted by Gasteiger charge is -2.37. The Bertz CT molecular complexity index is 782. The minimum Gasteiger partial charge on any atom is -0.314 e. The van der Waals surface area contributed by atoms with Crippen molar-refractivity contribution in [2.24, 2.45) is 5.92 Å². The number of alkyl halides is 1. The fraction of sp³-hybridized carbons (Fsp3) is 0.476. The van der Waals surface area contributed by atoms with Crippen LogP contribution in [0.15, 0.2) is 36.4 Å². The van der Waals surface area contributed by atoms with E-state index in [0.717, 1.165) is 37.2 Å². The highest BCUT2D eigenvalue weighted by molar-refractivity contribution is 6.30. The maximum Gasteiger partial charge on any atom is 0.127 e. The molecule has 0 bridgehead atoms. The summed E-state index contributed by atoms with van der Waals surface area (Å²) < 4.78 is 28.4. The van der Waals surface area contributed by atoms with Gasteiger partial charge in [-0.1, -0.05) is 23.7 Å². The number of nitrogens with one attached hydrogen (secondary N) is 1. The highest BCUT2D eigenvalue weighted by Crippen LogP contribution is 2.44. The van der Waals surface area contributed by atoms with Crippen LogP contribution < -0.4 is 5.32 Å². The first-order chi connectivity index (χ1) is 12.6. The van der Waals surface area contributed by atoms with E-state index < -0.39 is 6.17 Å². The summed E-state index contributed by atoms with van der Waals surface area (Å²) in [6.07, 6.45) is 2.71. The van der Waals surface area contributed by atoms with E-state index in [1.807, 2.05) is 18.2 Å². The molecule has 4 atom stereocenters. The topological polar surface area (TPSA) is 24.9 Å². The van der Waals surface area contributed by atoms with Gasteiger partial charge in [-0.15, -0.1) is 0 Å². The van der Waals surface area contributed by atoms with E-state index in [1.165, 1.54) is 6.07 Å². The van der Waals surface area contributed by atoms with Crippen molar-refractivity contribution in [3.05, 3.63) is 64.2 Å². The van der Waals surface area contributed by atoms with Crippen LogP contribution in [0.3, 0.4) is 0 Å². The van der Waals surface area contributed by atoms with Crippen LogP contribution >= 0.6 is 11.6 Å². The summed E-state index contributed by atoms with van der Waals surface area (Å²) in [4.78, 5) is 4.81. The van der Waals surface area contributed by atoms with Crippen molar-refractivity contribution in [2.75, 3.05) is 13.1 Å². The SMILES string of the molecule is Fc1cc(Cl)ccc1CC1CCC1c1cccc(C2CCNCC2F)n1. The second-order valence-electron chi connectivity index (χ2n) is 7.49. The molecule has 26 heavy (non-hydrogen) atoms. The lowest BCUT2D eigenvalue weighted by Crippen LogP contribution is -2.37. The number of hydrogen-bond donors (Lipinski definition) is 1. The van der Waals surface area contributed by atoms with E-state index in [9.17, 15) is 8.78 Å². The summed E-state index contributed by atoms with van der Waals surface area (Å²) in [6, 6.07) is 10.9. The quantitative estimate of drug-likeness (QED) is 0.809. The van der Waals surface area contributed by atoms with Crippen LogP contribution in [0.5, 0.6) is 0 Å². The molecular formula is C21H23ClF2N2. The van der Waals surface area contributed by atoms with Gasteiger partial charge in [0.05, 0.1) is 0 Å². The number of aromatic nitrogens is 1. The summed E-state index contributed by atoms with van der Waals surface area (Å²) in [5.41, 5.74) is 2.60. The summed E-state index contributed by atoms with van der Waals surface area (Å²) in [5.74, 6) is 0.343. The van der Waals surface area contributed by atoms with Crippen molar-refractivity contribution in [2.45, 2.75) is 43.7 Å².